The minimum absolute atomic E-state index is 0.0222. The Balaban J connectivity index is 1.57. The molecule has 0 unspecified atom stereocenters. The summed E-state index contributed by atoms with van der Waals surface area (Å²) in [5.74, 6) is -1.57. The molecule has 0 saturated carbocycles. The second-order valence-corrected chi connectivity index (χ2v) is 6.77. The fourth-order valence-electron chi connectivity index (χ4n) is 2.45. The average Bonchev–Trinajstić information content (AvgIpc) is 2.69. The maximum atomic E-state index is 13.6. The molecule has 0 heterocycles. The summed E-state index contributed by atoms with van der Waals surface area (Å²) >= 11 is 11.0. The Kier molecular flexibility index (Phi) is 6.54. The lowest BCUT2D eigenvalue weighted by atomic mass is 10.2. The lowest BCUT2D eigenvalue weighted by Crippen LogP contribution is -2.34. The Bertz CT molecular complexity index is 1070. The lowest BCUT2D eigenvalue weighted by molar-refractivity contribution is 0.0972. The van der Waals surface area contributed by atoms with E-state index in [4.69, 9.17) is 23.8 Å². The number of carbonyl (C=O) groups is 2. The Morgan fingerprint density at radius 3 is 2.14 bits per heavy atom. The van der Waals surface area contributed by atoms with Crippen LogP contribution in [-0.4, -0.2) is 16.9 Å². The second kappa shape index (κ2) is 9.27. The molecule has 0 bridgehead atoms. The minimum Gasteiger partial charge on any atom is -0.332 e. The molecule has 0 aromatic heterocycles. The summed E-state index contributed by atoms with van der Waals surface area (Å²) in [5.41, 5.74) is 1.50. The first-order valence-corrected chi connectivity index (χ1v) is 9.25. The zero-order valence-corrected chi connectivity index (χ0v) is 16.5. The molecule has 29 heavy (non-hydrogen) atoms. The number of hydrogen-bond acceptors (Lipinski definition) is 3. The van der Waals surface area contributed by atoms with Gasteiger partial charge in [-0.05, 0) is 66.8 Å². The molecular formula is C21H15ClFN3O2S. The number of hydrogen-bond donors (Lipinski definition) is 3. The van der Waals surface area contributed by atoms with E-state index in [0.717, 1.165) is 0 Å². The topological polar surface area (TPSA) is 70.2 Å². The highest BCUT2D eigenvalue weighted by Crippen LogP contribution is 2.16. The van der Waals surface area contributed by atoms with Gasteiger partial charge in [-0.2, -0.15) is 0 Å². The fourth-order valence-corrected chi connectivity index (χ4v) is 2.85. The highest BCUT2D eigenvalue weighted by molar-refractivity contribution is 7.80. The predicted molar refractivity (Wildman–Crippen MR) is 116 cm³/mol. The van der Waals surface area contributed by atoms with Gasteiger partial charge in [-0.25, -0.2) is 4.39 Å². The van der Waals surface area contributed by atoms with E-state index in [-0.39, 0.29) is 16.6 Å². The van der Waals surface area contributed by atoms with E-state index < -0.39 is 11.7 Å². The molecule has 0 aliphatic heterocycles. The smallest absolute Gasteiger partial charge is 0.260 e. The van der Waals surface area contributed by atoms with Gasteiger partial charge >= 0.3 is 0 Å². The first-order chi connectivity index (χ1) is 13.9. The second-order valence-electron chi connectivity index (χ2n) is 5.93. The Hall–Kier alpha value is -3.29. The van der Waals surface area contributed by atoms with Crippen LogP contribution in [0.25, 0.3) is 0 Å². The molecule has 3 aromatic rings. The van der Waals surface area contributed by atoms with Crippen molar-refractivity contribution in [2.45, 2.75) is 0 Å². The third kappa shape index (κ3) is 5.60. The Morgan fingerprint density at radius 1 is 0.828 bits per heavy atom. The SMILES string of the molecule is O=C(Nc1ccc(NC(=S)NC(=O)c2ccccc2F)cc1)c1cccc(Cl)c1. The van der Waals surface area contributed by atoms with Crippen LogP contribution >= 0.6 is 23.8 Å². The highest BCUT2D eigenvalue weighted by atomic mass is 35.5. The van der Waals surface area contributed by atoms with Crippen LogP contribution in [0, 0.1) is 5.82 Å². The number of carbonyl (C=O) groups excluding carboxylic acids is 2. The number of halogens is 2. The van der Waals surface area contributed by atoms with Gasteiger partial charge in [0.1, 0.15) is 5.82 Å². The minimum atomic E-state index is -0.647. The van der Waals surface area contributed by atoms with E-state index in [0.29, 0.717) is 22.0 Å². The molecule has 2 amide bonds. The summed E-state index contributed by atoms with van der Waals surface area (Å²) in [7, 11) is 0. The number of rotatable bonds is 4. The van der Waals surface area contributed by atoms with Crippen molar-refractivity contribution >= 4 is 52.1 Å². The maximum Gasteiger partial charge on any atom is 0.260 e. The Morgan fingerprint density at radius 2 is 1.48 bits per heavy atom. The van der Waals surface area contributed by atoms with Gasteiger partial charge in [-0.1, -0.05) is 29.8 Å². The molecule has 3 rings (SSSR count). The van der Waals surface area contributed by atoms with E-state index in [9.17, 15) is 14.0 Å². The van der Waals surface area contributed by atoms with Crippen molar-refractivity contribution in [1.82, 2.24) is 5.32 Å². The number of benzene rings is 3. The molecule has 3 aromatic carbocycles. The summed E-state index contributed by atoms with van der Waals surface area (Å²) in [6.45, 7) is 0. The monoisotopic (exact) mass is 427 g/mol. The van der Waals surface area contributed by atoms with E-state index in [1.54, 1.807) is 54.6 Å². The van der Waals surface area contributed by atoms with Crippen LogP contribution in [0.15, 0.2) is 72.8 Å². The van der Waals surface area contributed by atoms with Crippen LogP contribution < -0.4 is 16.0 Å². The number of thiocarbonyl (C=S) groups is 1. The molecule has 0 spiro atoms. The molecule has 0 fully saturated rings. The fraction of sp³-hybridized carbons (Fsp3) is 0. The predicted octanol–water partition coefficient (Wildman–Crippen LogP) is 4.86. The van der Waals surface area contributed by atoms with Crippen LogP contribution in [0.3, 0.4) is 0 Å². The van der Waals surface area contributed by atoms with Crippen LogP contribution in [-0.2, 0) is 0 Å². The van der Waals surface area contributed by atoms with Gasteiger partial charge in [0, 0.05) is 22.0 Å². The summed E-state index contributed by atoms with van der Waals surface area (Å²) in [4.78, 5) is 24.3. The molecule has 8 heteroatoms. The summed E-state index contributed by atoms with van der Waals surface area (Å²) in [6, 6.07) is 18.9. The highest BCUT2D eigenvalue weighted by Gasteiger charge is 2.12. The summed E-state index contributed by atoms with van der Waals surface area (Å²) in [5, 5.41) is 8.50. The third-order valence-corrected chi connectivity index (χ3v) is 4.27. The number of nitrogens with one attached hydrogen (secondary N) is 3. The average molecular weight is 428 g/mol. The van der Waals surface area contributed by atoms with Crippen LogP contribution in [0.5, 0.6) is 0 Å². The molecule has 0 aliphatic carbocycles. The van der Waals surface area contributed by atoms with Gasteiger partial charge in [0.2, 0.25) is 0 Å². The first kappa shape index (κ1) is 20.4. The van der Waals surface area contributed by atoms with Crippen molar-refractivity contribution in [1.29, 1.82) is 0 Å². The zero-order chi connectivity index (χ0) is 20.8. The van der Waals surface area contributed by atoms with Gasteiger partial charge in [-0.3, -0.25) is 14.9 Å². The summed E-state index contributed by atoms with van der Waals surface area (Å²) in [6.07, 6.45) is 0. The number of amides is 2. The van der Waals surface area contributed by atoms with Gasteiger partial charge in [0.25, 0.3) is 11.8 Å². The van der Waals surface area contributed by atoms with Gasteiger partial charge < -0.3 is 10.6 Å². The van der Waals surface area contributed by atoms with Gasteiger partial charge in [0.05, 0.1) is 5.56 Å². The third-order valence-electron chi connectivity index (χ3n) is 3.83. The largest absolute Gasteiger partial charge is 0.332 e. The van der Waals surface area contributed by atoms with E-state index in [1.807, 2.05) is 0 Å². The molecule has 0 radical (unpaired) electrons. The quantitative estimate of drug-likeness (QED) is 0.520. The molecule has 3 N–H and O–H groups in total. The van der Waals surface area contributed by atoms with Crippen LogP contribution in [0.1, 0.15) is 20.7 Å². The molecule has 0 atom stereocenters. The first-order valence-electron chi connectivity index (χ1n) is 8.46. The maximum absolute atomic E-state index is 13.6. The molecule has 5 nitrogen and oxygen atoms in total. The zero-order valence-electron chi connectivity index (χ0n) is 14.9. The molecule has 0 aliphatic rings. The Labute approximate surface area is 176 Å². The van der Waals surface area contributed by atoms with Crippen molar-refractivity contribution in [3.8, 4) is 0 Å². The van der Waals surface area contributed by atoms with Crippen LogP contribution in [0.4, 0.5) is 15.8 Å². The van der Waals surface area contributed by atoms with Crippen molar-refractivity contribution in [2.24, 2.45) is 0 Å². The molecule has 0 saturated heterocycles. The van der Waals surface area contributed by atoms with Gasteiger partial charge in [0.15, 0.2) is 5.11 Å². The standard InChI is InChI=1S/C21H15ClFN3O2S/c22-14-5-3-4-13(12-14)19(27)24-15-8-10-16(11-9-15)25-21(29)26-20(28)17-6-1-2-7-18(17)23/h1-12H,(H,24,27)(H2,25,26,28,29). The lowest BCUT2D eigenvalue weighted by Gasteiger charge is -2.11. The van der Waals surface area contributed by atoms with E-state index >= 15 is 0 Å². The molecule has 146 valence electrons. The van der Waals surface area contributed by atoms with Crippen molar-refractivity contribution < 1.29 is 14.0 Å². The van der Waals surface area contributed by atoms with Crippen molar-refractivity contribution in [3.05, 3.63) is 94.8 Å². The van der Waals surface area contributed by atoms with Crippen molar-refractivity contribution in [2.75, 3.05) is 10.6 Å². The van der Waals surface area contributed by atoms with Gasteiger partial charge in [-0.15, -0.1) is 0 Å². The van der Waals surface area contributed by atoms with E-state index in [2.05, 4.69) is 16.0 Å². The molecular weight excluding hydrogens is 413 g/mol. The number of anilines is 2. The van der Waals surface area contributed by atoms with Crippen LogP contribution in [0.2, 0.25) is 5.02 Å². The van der Waals surface area contributed by atoms with Crippen molar-refractivity contribution in [3.63, 3.8) is 0 Å². The van der Waals surface area contributed by atoms with E-state index in [1.165, 1.54) is 18.2 Å². The summed E-state index contributed by atoms with van der Waals surface area (Å²) < 4.78 is 13.6. The normalized spacial score (nSPS) is 10.1.